The van der Waals surface area contributed by atoms with Crippen LogP contribution in [0.4, 0.5) is 10.3 Å². The molecule has 5 heteroatoms. The van der Waals surface area contributed by atoms with E-state index in [0.717, 1.165) is 0 Å². The third-order valence-electron chi connectivity index (χ3n) is 1.82. The first-order valence-electron chi connectivity index (χ1n) is 3.85. The lowest BCUT2D eigenvalue weighted by Crippen LogP contribution is -1.88. The second kappa shape index (κ2) is 3.42. The second-order valence-electron chi connectivity index (χ2n) is 2.69. The Labute approximate surface area is 87.8 Å². The van der Waals surface area contributed by atoms with Crippen molar-refractivity contribution in [2.75, 3.05) is 5.73 Å². The van der Waals surface area contributed by atoms with E-state index in [2.05, 4.69) is 21.1 Å². The van der Waals surface area contributed by atoms with Crippen molar-refractivity contribution < 1.29 is 8.91 Å². The smallest absolute Gasteiger partial charge is 0.231 e. The van der Waals surface area contributed by atoms with E-state index in [4.69, 9.17) is 10.3 Å². The number of anilines is 1. The molecule has 2 aromatic rings. The lowest BCUT2D eigenvalue weighted by atomic mass is 10.1. The van der Waals surface area contributed by atoms with Crippen LogP contribution in [-0.2, 0) is 0 Å². The van der Waals surface area contributed by atoms with Gasteiger partial charge in [0.1, 0.15) is 5.82 Å². The van der Waals surface area contributed by atoms with Gasteiger partial charge in [0.05, 0.1) is 5.56 Å². The molecule has 0 radical (unpaired) electrons. The number of nitrogens with two attached hydrogens (primary N) is 1. The van der Waals surface area contributed by atoms with Gasteiger partial charge in [0.25, 0.3) is 0 Å². The summed E-state index contributed by atoms with van der Waals surface area (Å²) < 4.78 is 18.5. The lowest BCUT2D eigenvalue weighted by Gasteiger charge is -1.99. The highest BCUT2D eigenvalue weighted by Gasteiger charge is 2.16. The Hall–Kier alpha value is -1.36. The van der Waals surface area contributed by atoms with Crippen LogP contribution in [0.25, 0.3) is 11.1 Å². The van der Waals surface area contributed by atoms with Crippen LogP contribution in [0.1, 0.15) is 0 Å². The van der Waals surface area contributed by atoms with E-state index in [1.54, 1.807) is 18.2 Å². The van der Waals surface area contributed by atoms with Crippen molar-refractivity contribution in [2.24, 2.45) is 0 Å². The predicted molar refractivity (Wildman–Crippen MR) is 54.0 cm³/mol. The fraction of sp³-hybridized carbons (Fsp3) is 0. The number of halogens is 2. The standard InChI is InChI=1S/C9H6BrFN2O/c10-8-7(9(12)14-13-8)5-3-1-2-4-6(5)11/h1-4H,12H2. The van der Waals surface area contributed by atoms with Gasteiger partial charge in [0.15, 0.2) is 4.60 Å². The van der Waals surface area contributed by atoms with Crippen LogP contribution in [-0.4, -0.2) is 5.16 Å². The third kappa shape index (κ3) is 1.39. The molecule has 14 heavy (non-hydrogen) atoms. The molecule has 0 aliphatic heterocycles. The van der Waals surface area contributed by atoms with E-state index >= 15 is 0 Å². The Kier molecular flexibility index (Phi) is 2.25. The normalized spacial score (nSPS) is 10.4. The van der Waals surface area contributed by atoms with Gasteiger partial charge in [-0.2, -0.15) is 0 Å². The van der Waals surface area contributed by atoms with Gasteiger partial charge < -0.3 is 10.3 Å². The van der Waals surface area contributed by atoms with Crippen LogP contribution in [0.3, 0.4) is 0 Å². The average molecular weight is 257 g/mol. The van der Waals surface area contributed by atoms with Crippen LogP contribution in [0.2, 0.25) is 0 Å². The SMILES string of the molecule is Nc1onc(Br)c1-c1ccccc1F. The molecule has 0 saturated heterocycles. The van der Waals surface area contributed by atoms with Gasteiger partial charge in [-0.25, -0.2) is 4.39 Å². The molecule has 0 unspecified atom stereocenters. The molecule has 1 aromatic heterocycles. The molecular weight excluding hydrogens is 251 g/mol. The number of rotatable bonds is 1. The first kappa shape index (κ1) is 9.21. The van der Waals surface area contributed by atoms with Gasteiger partial charge in [-0.15, -0.1) is 0 Å². The lowest BCUT2D eigenvalue weighted by molar-refractivity contribution is 0.432. The summed E-state index contributed by atoms with van der Waals surface area (Å²) in [6, 6.07) is 6.30. The van der Waals surface area contributed by atoms with Gasteiger partial charge in [-0.1, -0.05) is 23.4 Å². The molecule has 2 N–H and O–H groups in total. The van der Waals surface area contributed by atoms with E-state index in [0.29, 0.717) is 15.7 Å². The summed E-state index contributed by atoms with van der Waals surface area (Å²) in [5.41, 5.74) is 6.34. The first-order chi connectivity index (χ1) is 6.70. The number of hydrogen-bond donors (Lipinski definition) is 1. The Morgan fingerprint density at radius 3 is 2.64 bits per heavy atom. The molecular formula is C9H6BrFN2O. The van der Waals surface area contributed by atoms with Crippen molar-refractivity contribution in [1.29, 1.82) is 0 Å². The van der Waals surface area contributed by atoms with E-state index < -0.39 is 0 Å². The van der Waals surface area contributed by atoms with Crippen molar-refractivity contribution in [1.82, 2.24) is 5.16 Å². The van der Waals surface area contributed by atoms with Gasteiger partial charge in [0.2, 0.25) is 5.88 Å². The van der Waals surface area contributed by atoms with Gasteiger partial charge in [-0.05, 0) is 22.0 Å². The zero-order valence-corrected chi connectivity index (χ0v) is 8.58. The molecule has 0 atom stereocenters. The molecule has 0 amide bonds. The van der Waals surface area contributed by atoms with Gasteiger partial charge in [-0.3, -0.25) is 0 Å². The van der Waals surface area contributed by atoms with Crippen LogP contribution in [0.15, 0.2) is 33.4 Å². The van der Waals surface area contributed by atoms with E-state index in [1.807, 2.05) is 0 Å². The van der Waals surface area contributed by atoms with Crippen LogP contribution >= 0.6 is 15.9 Å². The molecule has 0 saturated carbocycles. The minimum absolute atomic E-state index is 0.0991. The third-order valence-corrected chi connectivity index (χ3v) is 2.36. The van der Waals surface area contributed by atoms with Crippen LogP contribution < -0.4 is 5.73 Å². The summed E-state index contributed by atoms with van der Waals surface area (Å²) >= 11 is 3.14. The van der Waals surface area contributed by atoms with Crippen molar-refractivity contribution in [3.8, 4) is 11.1 Å². The maximum Gasteiger partial charge on any atom is 0.231 e. The quantitative estimate of drug-likeness (QED) is 0.854. The summed E-state index contributed by atoms with van der Waals surface area (Å²) in [6.07, 6.45) is 0. The summed E-state index contributed by atoms with van der Waals surface area (Å²) in [5, 5.41) is 3.58. The molecule has 0 fully saturated rings. The molecule has 0 aliphatic rings. The Balaban J connectivity index is 2.66. The summed E-state index contributed by atoms with van der Waals surface area (Å²) in [5.74, 6) is -0.259. The van der Waals surface area contributed by atoms with Gasteiger partial charge >= 0.3 is 0 Å². The highest BCUT2D eigenvalue weighted by Crippen LogP contribution is 2.34. The van der Waals surface area contributed by atoms with Crippen LogP contribution in [0, 0.1) is 5.82 Å². The number of nitrogen functional groups attached to an aromatic ring is 1. The molecule has 0 bridgehead atoms. The first-order valence-corrected chi connectivity index (χ1v) is 4.65. The number of benzene rings is 1. The molecule has 2 rings (SSSR count). The largest absolute Gasteiger partial charge is 0.367 e. The molecule has 72 valence electrons. The van der Waals surface area contributed by atoms with Crippen molar-refractivity contribution in [3.05, 3.63) is 34.7 Å². The highest BCUT2D eigenvalue weighted by molar-refractivity contribution is 9.10. The van der Waals surface area contributed by atoms with Crippen LogP contribution in [0.5, 0.6) is 0 Å². The van der Waals surface area contributed by atoms with Crippen molar-refractivity contribution in [3.63, 3.8) is 0 Å². The van der Waals surface area contributed by atoms with E-state index in [1.165, 1.54) is 6.07 Å². The molecule has 0 spiro atoms. The molecule has 3 nitrogen and oxygen atoms in total. The zero-order chi connectivity index (χ0) is 10.1. The predicted octanol–water partition coefficient (Wildman–Crippen LogP) is 2.83. The maximum atomic E-state index is 13.4. The molecule has 1 aromatic carbocycles. The summed E-state index contributed by atoms with van der Waals surface area (Å²) in [4.78, 5) is 0. The number of hydrogen-bond acceptors (Lipinski definition) is 3. The summed E-state index contributed by atoms with van der Waals surface area (Å²) in [7, 11) is 0. The zero-order valence-electron chi connectivity index (χ0n) is 7.00. The van der Waals surface area contributed by atoms with E-state index in [-0.39, 0.29) is 11.7 Å². The van der Waals surface area contributed by atoms with Crippen molar-refractivity contribution in [2.45, 2.75) is 0 Å². The number of nitrogens with zero attached hydrogens (tertiary/aromatic N) is 1. The van der Waals surface area contributed by atoms with E-state index in [9.17, 15) is 4.39 Å². The topological polar surface area (TPSA) is 52.0 Å². The fourth-order valence-electron chi connectivity index (χ4n) is 1.19. The monoisotopic (exact) mass is 256 g/mol. The Bertz CT molecular complexity index is 450. The Morgan fingerprint density at radius 2 is 2.07 bits per heavy atom. The second-order valence-corrected chi connectivity index (χ2v) is 3.44. The number of aromatic nitrogens is 1. The maximum absolute atomic E-state index is 13.4. The summed E-state index contributed by atoms with van der Waals surface area (Å²) in [6.45, 7) is 0. The molecule has 1 heterocycles. The minimum atomic E-state index is -0.358. The van der Waals surface area contributed by atoms with Gasteiger partial charge in [0, 0.05) is 5.56 Å². The highest BCUT2D eigenvalue weighted by atomic mass is 79.9. The Morgan fingerprint density at radius 1 is 1.36 bits per heavy atom. The molecule has 0 aliphatic carbocycles. The fourth-order valence-corrected chi connectivity index (χ4v) is 1.67. The van der Waals surface area contributed by atoms with Crippen molar-refractivity contribution >= 4 is 21.8 Å². The minimum Gasteiger partial charge on any atom is -0.367 e. The average Bonchev–Trinajstić information content (AvgIpc) is 2.48.